The topological polar surface area (TPSA) is 0 Å². The molecule has 0 nitrogen and oxygen atoms in total. The van der Waals surface area contributed by atoms with Gasteiger partial charge < -0.3 is 0 Å². The van der Waals surface area contributed by atoms with E-state index in [0.717, 1.165) is 35.5 Å². The Kier molecular flexibility index (Phi) is 28.8. The second kappa shape index (κ2) is 24.7. The van der Waals surface area contributed by atoms with Crippen molar-refractivity contribution in [2.75, 3.05) is 0 Å². The van der Waals surface area contributed by atoms with Crippen molar-refractivity contribution >= 4 is 17.6 Å². The van der Waals surface area contributed by atoms with Gasteiger partial charge in [0.1, 0.15) is 0 Å². The Labute approximate surface area is 227 Å². The van der Waals surface area contributed by atoms with E-state index in [0.29, 0.717) is 0 Å². The smallest absolute Gasteiger partial charge is 0.0479 e. The van der Waals surface area contributed by atoms with Gasteiger partial charge in [-0.15, -0.1) is 0 Å². The Bertz CT molecular complexity index is 284. The van der Waals surface area contributed by atoms with E-state index in [4.69, 9.17) is 0 Å². The molecule has 0 saturated carbocycles. The third kappa shape index (κ3) is 33.0. The van der Waals surface area contributed by atoms with Crippen molar-refractivity contribution < 1.29 is 17.4 Å². The molecule has 3 heteroatoms. The van der Waals surface area contributed by atoms with Gasteiger partial charge >= 0.3 is 0 Å². The van der Waals surface area contributed by atoms with Gasteiger partial charge in [0, 0.05) is 35.0 Å². The summed E-state index contributed by atoms with van der Waals surface area (Å²) in [5, 5.41) is 0. The summed E-state index contributed by atoms with van der Waals surface area (Å²) in [7, 11) is -0.0603. The molecule has 0 aliphatic rings. The average Bonchev–Trinajstić information content (AvgIpc) is 2.66. The first kappa shape index (κ1) is 38.5. The number of rotatable bonds is 18. The van der Waals surface area contributed by atoms with Gasteiger partial charge in [-0.3, -0.25) is 0 Å². The molecule has 0 aliphatic carbocycles. The third-order valence-corrected chi connectivity index (χ3v) is 12.4. The predicted octanol–water partition coefficient (Wildman–Crippen LogP) is 11.2. The summed E-state index contributed by atoms with van der Waals surface area (Å²) >= 11 is 0. The second-order valence-electron chi connectivity index (χ2n) is 13.1. The van der Waals surface area contributed by atoms with E-state index in [1.807, 2.05) is 0 Å². The Morgan fingerprint density at radius 1 is 0.303 bits per heavy atom. The van der Waals surface area contributed by atoms with Gasteiger partial charge in [0.05, 0.1) is 0 Å². The largest absolute Gasteiger partial charge is 0.0628 e. The van der Waals surface area contributed by atoms with Gasteiger partial charge in [-0.2, -0.15) is 0 Å². The van der Waals surface area contributed by atoms with Crippen molar-refractivity contribution in [3.05, 3.63) is 0 Å². The van der Waals surface area contributed by atoms with E-state index in [-0.39, 0.29) is 35.0 Å². The first-order valence-electron chi connectivity index (χ1n) is 14.5. The van der Waals surface area contributed by atoms with Crippen molar-refractivity contribution in [1.29, 1.82) is 0 Å². The minimum absolute atomic E-state index is 0. The summed E-state index contributed by atoms with van der Waals surface area (Å²) in [6, 6.07) is 9.34. The fraction of sp³-hybridized carbons (Fsp3) is 1.00. The summed E-state index contributed by atoms with van der Waals surface area (Å²) in [5.74, 6) is 5.41. The second-order valence-corrected chi connectivity index (χ2v) is 19.1. The molecule has 0 aromatic rings. The van der Waals surface area contributed by atoms with Crippen LogP contribution in [0.3, 0.4) is 0 Å². The summed E-state index contributed by atoms with van der Waals surface area (Å²) < 4.78 is 0. The third-order valence-electron chi connectivity index (χ3n) is 6.45. The molecule has 0 aliphatic heterocycles. The van der Waals surface area contributed by atoms with Gasteiger partial charge in [0.2, 0.25) is 0 Å². The van der Waals surface area contributed by atoms with Crippen LogP contribution in [-0.4, -0.2) is 17.6 Å². The van der Waals surface area contributed by atoms with E-state index in [1.54, 1.807) is 36.3 Å². The molecule has 0 fully saturated rings. The summed E-state index contributed by atoms with van der Waals surface area (Å²) in [4.78, 5) is 0. The molecule has 0 unspecified atom stereocenters. The van der Waals surface area contributed by atoms with Crippen molar-refractivity contribution in [3.63, 3.8) is 0 Å². The zero-order chi connectivity index (χ0) is 25.1. The van der Waals surface area contributed by atoms with Crippen LogP contribution in [0.5, 0.6) is 0 Å². The van der Waals surface area contributed by atoms with E-state index < -0.39 is 0 Å². The maximum atomic E-state index is 2.37. The molecular weight excluding hydrogens is 468 g/mol. The maximum absolute atomic E-state index is 2.37. The molecule has 0 heterocycles. The molecule has 0 saturated heterocycles. The standard InChI is InChI=1S/2C15H33Si.Cr/c2*1-13(2)7-10-16(11-8-14(3)4)12-9-15(5)6;/h2*13-15H,7-12H2,1-6H3;. The minimum Gasteiger partial charge on any atom is -0.0628 e. The summed E-state index contributed by atoms with van der Waals surface area (Å²) in [6.45, 7) is 28.4. The van der Waals surface area contributed by atoms with Crippen molar-refractivity contribution in [3.8, 4) is 0 Å². The van der Waals surface area contributed by atoms with E-state index >= 15 is 0 Å². The van der Waals surface area contributed by atoms with Gasteiger partial charge in [-0.25, -0.2) is 0 Å². The molecule has 0 rings (SSSR count). The minimum atomic E-state index is -0.0302. The fourth-order valence-corrected chi connectivity index (χ4v) is 11.1. The van der Waals surface area contributed by atoms with E-state index in [2.05, 4.69) is 83.1 Å². The van der Waals surface area contributed by atoms with E-state index in [9.17, 15) is 0 Å². The van der Waals surface area contributed by atoms with Crippen LogP contribution in [-0.2, 0) is 17.4 Å². The van der Waals surface area contributed by atoms with E-state index in [1.165, 1.54) is 38.5 Å². The molecular formula is C30H66CrSi2. The molecule has 0 atom stereocenters. The monoisotopic (exact) mass is 534 g/mol. The van der Waals surface area contributed by atoms with Crippen molar-refractivity contribution in [2.24, 2.45) is 35.5 Å². The molecule has 0 aromatic heterocycles. The maximum Gasteiger partial charge on any atom is 0.0479 e. The molecule has 0 aromatic carbocycles. The molecule has 200 valence electrons. The van der Waals surface area contributed by atoms with Crippen molar-refractivity contribution in [2.45, 2.75) is 158 Å². The predicted molar refractivity (Wildman–Crippen MR) is 157 cm³/mol. The van der Waals surface area contributed by atoms with Crippen LogP contribution in [0.15, 0.2) is 0 Å². The summed E-state index contributed by atoms with van der Waals surface area (Å²) in [5.41, 5.74) is 0. The number of hydrogen-bond acceptors (Lipinski definition) is 0. The first-order chi connectivity index (χ1) is 14.8. The Morgan fingerprint density at radius 3 is 0.515 bits per heavy atom. The Morgan fingerprint density at radius 2 is 0.424 bits per heavy atom. The van der Waals surface area contributed by atoms with Gasteiger partial charge in [0.15, 0.2) is 0 Å². The van der Waals surface area contributed by atoms with Gasteiger partial charge in [-0.1, -0.05) is 158 Å². The van der Waals surface area contributed by atoms with Crippen LogP contribution in [0.1, 0.15) is 122 Å². The van der Waals surface area contributed by atoms with Crippen molar-refractivity contribution in [1.82, 2.24) is 0 Å². The SMILES string of the molecule is CC(C)CC[Si](CCC(C)C)CCC(C)C.CC(C)CC[Si](CCC(C)C)CCC(C)C.[Cr]. The zero-order valence-corrected chi connectivity index (χ0v) is 28.6. The molecule has 0 spiro atoms. The molecule has 2 radical (unpaired) electrons. The quantitative estimate of drug-likeness (QED) is 0.153. The zero-order valence-electron chi connectivity index (χ0n) is 25.4. The van der Waals surface area contributed by atoms with Crippen LogP contribution < -0.4 is 0 Å². The first-order valence-corrected chi connectivity index (χ1v) is 18.7. The normalized spacial score (nSPS) is 12.0. The fourth-order valence-electron chi connectivity index (χ4n) is 3.71. The Hall–Kier alpha value is 0.966. The van der Waals surface area contributed by atoms with Crippen LogP contribution in [0.2, 0.25) is 36.3 Å². The molecule has 0 N–H and O–H groups in total. The molecule has 33 heavy (non-hydrogen) atoms. The molecule has 0 amide bonds. The van der Waals surface area contributed by atoms with Crippen LogP contribution in [0.4, 0.5) is 0 Å². The number of hydrogen-bond donors (Lipinski definition) is 0. The van der Waals surface area contributed by atoms with Gasteiger partial charge in [-0.05, 0) is 35.5 Å². The molecule has 0 bridgehead atoms. The van der Waals surface area contributed by atoms with Gasteiger partial charge in [0.25, 0.3) is 0 Å². The van der Waals surface area contributed by atoms with Crippen LogP contribution in [0.25, 0.3) is 0 Å². The Balaban J connectivity index is -0.000000529. The van der Waals surface area contributed by atoms with Crippen LogP contribution >= 0.6 is 0 Å². The average molecular weight is 535 g/mol. The van der Waals surface area contributed by atoms with Crippen LogP contribution in [0, 0.1) is 35.5 Å². The summed E-state index contributed by atoms with van der Waals surface area (Å²) in [6.07, 6.45) is 8.78.